The number of allylic oxidation sites excluding steroid dienone is 3. The van der Waals surface area contributed by atoms with Crippen molar-refractivity contribution in [1.29, 1.82) is 0 Å². The predicted octanol–water partition coefficient (Wildman–Crippen LogP) is 4.39. The molecule has 2 aliphatic heterocycles. The van der Waals surface area contributed by atoms with E-state index < -0.39 is 0 Å². The molecule has 1 unspecified atom stereocenters. The molecule has 0 amide bonds. The van der Waals surface area contributed by atoms with E-state index in [-0.39, 0.29) is 18.8 Å². The summed E-state index contributed by atoms with van der Waals surface area (Å²) in [5.41, 5.74) is 9.66. The van der Waals surface area contributed by atoms with Gasteiger partial charge in [-0.1, -0.05) is 60.2 Å². The predicted molar refractivity (Wildman–Crippen MR) is 186 cm³/mol. The number of anilines is 6. The molecule has 1 aliphatic carbocycles. The molecule has 4 heterocycles. The molecule has 4 aromatic rings. The van der Waals surface area contributed by atoms with Crippen LogP contribution in [0.25, 0.3) is 0 Å². The van der Waals surface area contributed by atoms with Crippen molar-refractivity contribution in [1.82, 2.24) is 29.9 Å². The van der Waals surface area contributed by atoms with E-state index in [0.717, 1.165) is 41.9 Å². The minimum Gasteiger partial charge on any atom is -0.454 e. The second-order valence-corrected chi connectivity index (χ2v) is 11.8. The van der Waals surface area contributed by atoms with E-state index >= 15 is 0 Å². The number of aromatic nitrogens is 6. The smallest absolute Gasteiger partial charge is 0.232 e. The van der Waals surface area contributed by atoms with E-state index in [9.17, 15) is 0 Å². The average Bonchev–Trinajstić information content (AvgIpc) is 3.59. The molecule has 1 atom stereocenters. The molecular formula is C34H40N12O2. The van der Waals surface area contributed by atoms with Crippen LogP contribution in [0.4, 0.5) is 35.7 Å². The number of hydrogen-bond donors (Lipinski definition) is 4. The second kappa shape index (κ2) is 14.4. The van der Waals surface area contributed by atoms with Crippen LogP contribution in [0.5, 0.6) is 11.5 Å². The lowest BCUT2D eigenvalue weighted by molar-refractivity contribution is 0.174. The van der Waals surface area contributed by atoms with Gasteiger partial charge in [-0.05, 0) is 49.4 Å². The summed E-state index contributed by atoms with van der Waals surface area (Å²) in [5.74, 6) is 4.27. The molecule has 0 bridgehead atoms. The number of nitrogens with zero attached hydrogens (tertiary/aromatic N) is 8. The molecule has 0 saturated carbocycles. The monoisotopic (exact) mass is 648 g/mol. The number of nitrogens with two attached hydrogens (primary N) is 1. The number of benzene rings is 2. The first-order valence-electron chi connectivity index (χ1n) is 16.4. The number of nitrogens with one attached hydrogen (secondary N) is 3. The van der Waals surface area contributed by atoms with Gasteiger partial charge in [-0.15, -0.1) is 0 Å². The maximum Gasteiger partial charge on any atom is 0.232 e. The van der Waals surface area contributed by atoms with Gasteiger partial charge in [0.2, 0.25) is 42.5 Å². The van der Waals surface area contributed by atoms with Gasteiger partial charge in [-0.2, -0.15) is 29.9 Å². The molecule has 3 aliphatic rings. The maximum atomic E-state index is 6.21. The van der Waals surface area contributed by atoms with Crippen LogP contribution in [-0.2, 0) is 13.1 Å². The van der Waals surface area contributed by atoms with E-state index in [1.165, 1.54) is 5.57 Å². The largest absolute Gasteiger partial charge is 0.454 e. The molecule has 5 N–H and O–H groups in total. The number of ether oxygens (including phenoxy) is 2. The summed E-state index contributed by atoms with van der Waals surface area (Å²) in [7, 11) is 0. The highest BCUT2D eigenvalue weighted by molar-refractivity contribution is 5.50. The van der Waals surface area contributed by atoms with E-state index in [0.29, 0.717) is 69.0 Å². The molecule has 48 heavy (non-hydrogen) atoms. The zero-order valence-electron chi connectivity index (χ0n) is 27.0. The van der Waals surface area contributed by atoms with Gasteiger partial charge >= 0.3 is 0 Å². The van der Waals surface area contributed by atoms with Crippen LogP contribution in [-0.4, -0.2) is 68.9 Å². The summed E-state index contributed by atoms with van der Waals surface area (Å²) in [4.78, 5) is 32.5. The van der Waals surface area contributed by atoms with Gasteiger partial charge in [0.05, 0.1) is 6.04 Å². The summed E-state index contributed by atoms with van der Waals surface area (Å²) in [6, 6.07) is 16.1. The lowest BCUT2D eigenvalue weighted by atomic mass is 9.98. The summed E-state index contributed by atoms with van der Waals surface area (Å²) >= 11 is 0. The van der Waals surface area contributed by atoms with E-state index in [1.807, 2.05) is 43.3 Å². The standard InChI is InChI=1S/C34H40N12O2/c1-2-36-30-41-32(37-19-24-11-7-4-8-12-24)44-34(43-30)46-16-15-45(21-26(46)17-23-9-5-3-6-10-23)33-40-29(35)39-31(42-33)38-20-25-13-14-27-28(18-25)48-22-47-27/h4-5,7-14,18,26H,2-3,6,15-17,19-22H2,1H3,(H3,35,38,39,40,42)(H2,36,37,41,43,44). The van der Waals surface area contributed by atoms with Crippen LogP contribution in [0.3, 0.4) is 0 Å². The Morgan fingerprint density at radius 3 is 2.38 bits per heavy atom. The molecule has 2 aromatic heterocycles. The van der Waals surface area contributed by atoms with E-state index in [1.54, 1.807) is 0 Å². The Hall–Kier alpha value is -5.66. The Kier molecular flexibility index (Phi) is 9.29. The first kappa shape index (κ1) is 31.0. The second-order valence-electron chi connectivity index (χ2n) is 11.8. The van der Waals surface area contributed by atoms with Gasteiger partial charge < -0.3 is 41.0 Å². The van der Waals surface area contributed by atoms with Crippen molar-refractivity contribution < 1.29 is 9.47 Å². The molecule has 1 saturated heterocycles. The maximum absolute atomic E-state index is 6.21. The van der Waals surface area contributed by atoms with Crippen LogP contribution < -0.4 is 41.0 Å². The minimum absolute atomic E-state index is 0.0367. The number of hydrogen-bond acceptors (Lipinski definition) is 14. The van der Waals surface area contributed by atoms with Crippen LogP contribution in [0.2, 0.25) is 0 Å². The van der Waals surface area contributed by atoms with Crippen LogP contribution in [0.1, 0.15) is 37.3 Å². The summed E-state index contributed by atoms with van der Waals surface area (Å²) in [6.45, 7) is 6.00. The first-order valence-corrected chi connectivity index (χ1v) is 16.4. The number of piperazine rings is 1. The average molecular weight is 649 g/mol. The number of fused-ring (bicyclic) bond motifs is 1. The quantitative estimate of drug-likeness (QED) is 0.171. The van der Waals surface area contributed by atoms with Crippen LogP contribution in [0, 0.1) is 0 Å². The third-order valence-electron chi connectivity index (χ3n) is 8.35. The minimum atomic E-state index is 0.0367. The van der Waals surface area contributed by atoms with Crippen LogP contribution in [0.15, 0.2) is 72.3 Å². The van der Waals surface area contributed by atoms with Crippen molar-refractivity contribution >= 4 is 35.7 Å². The van der Waals surface area contributed by atoms with Gasteiger partial charge in [-0.3, -0.25) is 0 Å². The summed E-state index contributed by atoms with van der Waals surface area (Å²) in [6.07, 6.45) is 9.70. The molecule has 248 valence electrons. The lowest BCUT2D eigenvalue weighted by Crippen LogP contribution is -2.54. The fourth-order valence-electron chi connectivity index (χ4n) is 5.99. The molecule has 0 spiro atoms. The normalized spacial score (nSPS) is 16.9. The number of nitrogen functional groups attached to an aromatic ring is 1. The Labute approximate surface area is 279 Å². The summed E-state index contributed by atoms with van der Waals surface area (Å²) < 4.78 is 11.0. The van der Waals surface area contributed by atoms with Gasteiger partial charge in [0, 0.05) is 39.3 Å². The molecule has 0 radical (unpaired) electrons. The Balaban J connectivity index is 1.11. The molecule has 14 heteroatoms. The highest BCUT2D eigenvalue weighted by Gasteiger charge is 2.32. The third-order valence-corrected chi connectivity index (χ3v) is 8.35. The topological polar surface area (TPSA) is 164 Å². The highest BCUT2D eigenvalue weighted by atomic mass is 16.7. The third kappa shape index (κ3) is 7.48. The Morgan fingerprint density at radius 1 is 0.792 bits per heavy atom. The van der Waals surface area contributed by atoms with Gasteiger partial charge in [0.25, 0.3) is 0 Å². The van der Waals surface area contributed by atoms with E-state index in [4.69, 9.17) is 30.2 Å². The van der Waals surface area contributed by atoms with Gasteiger partial charge in [0.1, 0.15) is 0 Å². The molecule has 7 rings (SSSR count). The zero-order valence-corrected chi connectivity index (χ0v) is 27.0. The zero-order chi connectivity index (χ0) is 32.7. The van der Waals surface area contributed by atoms with Crippen molar-refractivity contribution in [2.75, 3.05) is 64.5 Å². The molecule has 14 nitrogen and oxygen atoms in total. The first-order chi connectivity index (χ1) is 23.6. The molecular weight excluding hydrogens is 608 g/mol. The number of rotatable bonds is 12. The van der Waals surface area contributed by atoms with Crippen molar-refractivity contribution in [2.45, 2.75) is 45.3 Å². The van der Waals surface area contributed by atoms with Crippen LogP contribution >= 0.6 is 0 Å². The fourth-order valence-corrected chi connectivity index (χ4v) is 5.99. The van der Waals surface area contributed by atoms with Crippen molar-refractivity contribution in [3.05, 3.63) is 83.5 Å². The Morgan fingerprint density at radius 2 is 1.56 bits per heavy atom. The lowest BCUT2D eigenvalue weighted by Gasteiger charge is -2.42. The van der Waals surface area contributed by atoms with Crippen molar-refractivity contribution in [2.24, 2.45) is 0 Å². The molecule has 1 fully saturated rings. The summed E-state index contributed by atoms with van der Waals surface area (Å²) in [5, 5.41) is 9.97. The molecule has 2 aromatic carbocycles. The van der Waals surface area contributed by atoms with Gasteiger partial charge in [0.15, 0.2) is 11.5 Å². The van der Waals surface area contributed by atoms with E-state index in [2.05, 4.69) is 71.1 Å². The SMILES string of the molecule is CCNc1nc(NCc2ccccc2)nc(N2CCN(c3nc(N)nc(NCc4ccc5c(c4)OCO5)n3)CC2CC2=CCCC=C2)n1. The van der Waals surface area contributed by atoms with Crippen molar-refractivity contribution in [3.63, 3.8) is 0 Å². The van der Waals surface area contributed by atoms with Gasteiger partial charge in [-0.25, -0.2) is 0 Å². The Bertz CT molecular complexity index is 1780. The highest BCUT2D eigenvalue weighted by Crippen LogP contribution is 2.33. The fraction of sp³-hybridized carbons (Fsp3) is 0.353. The van der Waals surface area contributed by atoms with Crippen molar-refractivity contribution in [3.8, 4) is 11.5 Å².